The molecular weight excluding hydrogens is 314 g/mol. The van der Waals surface area contributed by atoms with E-state index in [4.69, 9.17) is 22.4 Å². The molecule has 1 saturated heterocycles. The van der Waals surface area contributed by atoms with Gasteiger partial charge in [-0.2, -0.15) is 4.31 Å². The van der Waals surface area contributed by atoms with Crippen LogP contribution in [0.2, 0.25) is 5.02 Å². The van der Waals surface area contributed by atoms with Gasteiger partial charge in [-0.05, 0) is 24.6 Å². The first-order valence-corrected chi connectivity index (χ1v) is 8.57. The molecule has 21 heavy (non-hydrogen) atoms. The van der Waals surface area contributed by atoms with Crippen molar-refractivity contribution in [1.29, 1.82) is 0 Å². The van der Waals surface area contributed by atoms with Crippen LogP contribution in [0.3, 0.4) is 0 Å². The Morgan fingerprint density at radius 1 is 1.29 bits per heavy atom. The highest BCUT2D eigenvalue weighted by molar-refractivity contribution is 7.89. The van der Waals surface area contributed by atoms with Gasteiger partial charge < -0.3 is 10.8 Å². The number of aliphatic hydroxyl groups is 1. The number of aryl methyl sites for hydroxylation is 1. The summed E-state index contributed by atoms with van der Waals surface area (Å²) in [5.74, 6) is 0. The minimum absolute atomic E-state index is 0.0829. The van der Waals surface area contributed by atoms with Crippen molar-refractivity contribution < 1.29 is 13.5 Å². The number of nitrogen functional groups attached to an aromatic ring is 1. The Bertz CT molecular complexity index is 613. The third-order valence-electron chi connectivity index (χ3n) is 3.66. The number of benzene rings is 1. The Labute approximate surface area is 130 Å². The second kappa shape index (κ2) is 6.50. The number of rotatable bonds is 4. The average Bonchev–Trinajstić information content (AvgIpc) is 2.43. The van der Waals surface area contributed by atoms with E-state index in [0.717, 1.165) is 0 Å². The van der Waals surface area contributed by atoms with Crippen LogP contribution in [-0.2, 0) is 10.0 Å². The SMILES string of the molecule is Cc1cc(Cl)c(N)cc1S(=O)(=O)N1CCN(CCO)CC1. The molecule has 6 nitrogen and oxygen atoms in total. The minimum Gasteiger partial charge on any atom is -0.397 e. The highest BCUT2D eigenvalue weighted by Crippen LogP contribution is 2.28. The average molecular weight is 334 g/mol. The van der Waals surface area contributed by atoms with Crippen molar-refractivity contribution in [3.8, 4) is 0 Å². The van der Waals surface area contributed by atoms with Crippen LogP contribution < -0.4 is 5.73 Å². The normalized spacial score (nSPS) is 18.0. The van der Waals surface area contributed by atoms with Crippen molar-refractivity contribution in [1.82, 2.24) is 9.21 Å². The Morgan fingerprint density at radius 3 is 2.48 bits per heavy atom. The summed E-state index contributed by atoms with van der Waals surface area (Å²) in [5, 5.41) is 9.28. The number of piperazine rings is 1. The Balaban J connectivity index is 2.22. The number of anilines is 1. The molecule has 2 rings (SSSR count). The summed E-state index contributed by atoms with van der Waals surface area (Å²) in [6.07, 6.45) is 0. The fourth-order valence-electron chi connectivity index (χ4n) is 2.42. The van der Waals surface area contributed by atoms with E-state index in [0.29, 0.717) is 43.3 Å². The molecule has 0 aliphatic carbocycles. The first-order chi connectivity index (χ1) is 9.86. The molecule has 0 saturated carbocycles. The fourth-order valence-corrected chi connectivity index (χ4v) is 4.30. The Hall–Kier alpha value is -0.860. The second-order valence-corrected chi connectivity index (χ2v) is 7.42. The zero-order chi connectivity index (χ0) is 15.6. The largest absolute Gasteiger partial charge is 0.397 e. The summed E-state index contributed by atoms with van der Waals surface area (Å²) in [5.41, 5.74) is 6.58. The molecule has 0 spiro atoms. The van der Waals surface area contributed by atoms with Gasteiger partial charge in [0, 0.05) is 32.7 Å². The maximum atomic E-state index is 12.7. The number of halogens is 1. The monoisotopic (exact) mass is 333 g/mol. The van der Waals surface area contributed by atoms with Gasteiger partial charge in [-0.1, -0.05) is 11.6 Å². The number of nitrogens with two attached hydrogens (primary N) is 1. The number of sulfonamides is 1. The third kappa shape index (κ3) is 3.49. The van der Waals surface area contributed by atoms with E-state index < -0.39 is 10.0 Å². The van der Waals surface area contributed by atoms with Gasteiger partial charge >= 0.3 is 0 Å². The van der Waals surface area contributed by atoms with Crippen molar-refractivity contribution >= 4 is 27.3 Å². The lowest BCUT2D eigenvalue weighted by Crippen LogP contribution is -2.49. The molecular formula is C13H20ClN3O3S. The van der Waals surface area contributed by atoms with E-state index in [1.807, 2.05) is 4.90 Å². The standard InChI is InChI=1S/C13H20ClN3O3S/c1-10-8-11(14)12(15)9-13(10)21(19,20)17-4-2-16(3-5-17)6-7-18/h8-9,18H,2-7,15H2,1H3. The first kappa shape index (κ1) is 16.5. The molecule has 0 bridgehead atoms. The molecule has 1 aromatic rings. The van der Waals surface area contributed by atoms with Gasteiger partial charge in [0.2, 0.25) is 10.0 Å². The lowest BCUT2D eigenvalue weighted by molar-refractivity contribution is 0.151. The summed E-state index contributed by atoms with van der Waals surface area (Å²) in [7, 11) is -3.56. The number of hydrogen-bond donors (Lipinski definition) is 2. The lowest BCUT2D eigenvalue weighted by atomic mass is 10.2. The maximum absolute atomic E-state index is 12.7. The van der Waals surface area contributed by atoms with Gasteiger partial charge in [-0.15, -0.1) is 0 Å². The Kier molecular flexibility index (Phi) is 5.11. The van der Waals surface area contributed by atoms with Gasteiger partial charge in [0.25, 0.3) is 0 Å². The molecule has 118 valence electrons. The zero-order valence-corrected chi connectivity index (χ0v) is 13.5. The molecule has 1 fully saturated rings. The molecule has 0 radical (unpaired) electrons. The number of hydrogen-bond acceptors (Lipinski definition) is 5. The van der Waals surface area contributed by atoms with Gasteiger partial charge in [-0.25, -0.2) is 8.42 Å². The molecule has 0 unspecified atom stereocenters. The van der Waals surface area contributed by atoms with E-state index in [1.54, 1.807) is 13.0 Å². The number of nitrogens with zero attached hydrogens (tertiary/aromatic N) is 2. The number of β-amino-alcohol motifs (C(OH)–C–C–N with tert-alkyl or cyclic N) is 1. The van der Waals surface area contributed by atoms with Crippen molar-refractivity contribution in [2.45, 2.75) is 11.8 Å². The Morgan fingerprint density at radius 2 is 1.90 bits per heavy atom. The van der Waals surface area contributed by atoms with Crippen LogP contribution in [0.25, 0.3) is 0 Å². The van der Waals surface area contributed by atoms with Crippen molar-refractivity contribution in [2.24, 2.45) is 0 Å². The summed E-state index contributed by atoms with van der Waals surface area (Å²) < 4.78 is 26.8. The zero-order valence-electron chi connectivity index (χ0n) is 11.9. The summed E-state index contributed by atoms with van der Waals surface area (Å²) in [4.78, 5) is 2.25. The van der Waals surface area contributed by atoms with Crippen molar-refractivity contribution in [3.63, 3.8) is 0 Å². The topological polar surface area (TPSA) is 86.9 Å². The van der Waals surface area contributed by atoms with E-state index in [9.17, 15) is 8.42 Å². The summed E-state index contributed by atoms with van der Waals surface area (Å²) >= 11 is 5.91. The van der Waals surface area contributed by atoms with Crippen LogP contribution in [0.1, 0.15) is 5.56 Å². The second-order valence-electron chi connectivity index (χ2n) is 5.11. The third-order valence-corrected chi connectivity index (χ3v) is 6.03. The minimum atomic E-state index is -3.56. The fraction of sp³-hybridized carbons (Fsp3) is 0.538. The van der Waals surface area contributed by atoms with E-state index >= 15 is 0 Å². The van der Waals surface area contributed by atoms with Crippen LogP contribution in [-0.4, -0.2) is 62.1 Å². The van der Waals surface area contributed by atoms with Crippen LogP contribution in [0.5, 0.6) is 0 Å². The highest BCUT2D eigenvalue weighted by Gasteiger charge is 2.29. The van der Waals surface area contributed by atoms with E-state index in [2.05, 4.69) is 0 Å². The molecule has 0 aromatic heterocycles. The first-order valence-electron chi connectivity index (χ1n) is 6.75. The summed E-state index contributed by atoms with van der Waals surface area (Å²) in [6, 6.07) is 3.00. The van der Waals surface area contributed by atoms with Crippen LogP contribution in [0.15, 0.2) is 17.0 Å². The maximum Gasteiger partial charge on any atom is 0.243 e. The quantitative estimate of drug-likeness (QED) is 0.785. The van der Waals surface area contributed by atoms with Gasteiger partial charge in [0.1, 0.15) is 0 Å². The van der Waals surface area contributed by atoms with Crippen LogP contribution >= 0.6 is 11.6 Å². The predicted molar refractivity (Wildman–Crippen MR) is 82.9 cm³/mol. The molecule has 3 N–H and O–H groups in total. The molecule has 0 amide bonds. The van der Waals surface area contributed by atoms with Crippen molar-refractivity contribution in [3.05, 3.63) is 22.7 Å². The van der Waals surface area contributed by atoms with Crippen molar-refractivity contribution in [2.75, 3.05) is 45.1 Å². The lowest BCUT2D eigenvalue weighted by Gasteiger charge is -2.33. The number of aliphatic hydroxyl groups excluding tert-OH is 1. The molecule has 0 atom stereocenters. The van der Waals surface area contributed by atoms with E-state index in [1.165, 1.54) is 10.4 Å². The van der Waals surface area contributed by atoms with Gasteiger partial charge in [0.05, 0.1) is 22.2 Å². The van der Waals surface area contributed by atoms with Gasteiger partial charge in [0.15, 0.2) is 0 Å². The van der Waals surface area contributed by atoms with Crippen LogP contribution in [0, 0.1) is 6.92 Å². The molecule has 1 aromatic carbocycles. The van der Waals surface area contributed by atoms with Crippen LogP contribution in [0.4, 0.5) is 5.69 Å². The predicted octanol–water partition coefficient (Wildman–Crippen LogP) is 0.529. The molecule has 1 aliphatic heterocycles. The smallest absolute Gasteiger partial charge is 0.243 e. The molecule has 1 heterocycles. The van der Waals surface area contributed by atoms with E-state index in [-0.39, 0.29) is 17.2 Å². The molecule has 8 heteroatoms. The van der Waals surface area contributed by atoms with Gasteiger partial charge in [-0.3, -0.25) is 4.90 Å². The summed E-state index contributed by atoms with van der Waals surface area (Å²) in [6.45, 7) is 4.40. The molecule has 1 aliphatic rings. The highest BCUT2D eigenvalue weighted by atomic mass is 35.5.